The molecule has 132 valence electrons. The van der Waals surface area contributed by atoms with E-state index >= 15 is 0 Å². The van der Waals surface area contributed by atoms with Gasteiger partial charge in [0.25, 0.3) is 5.91 Å². The van der Waals surface area contributed by atoms with Crippen molar-refractivity contribution in [1.29, 1.82) is 0 Å². The first-order valence-electron chi connectivity index (χ1n) is 7.27. The molecule has 5 nitrogen and oxygen atoms in total. The zero-order chi connectivity index (χ0) is 18.1. The van der Waals surface area contributed by atoms with Crippen molar-refractivity contribution in [2.75, 3.05) is 14.2 Å². The minimum atomic E-state index is -0.423. The summed E-state index contributed by atoms with van der Waals surface area (Å²) in [7, 11) is 3.19. The van der Waals surface area contributed by atoms with E-state index in [-0.39, 0.29) is 0 Å². The summed E-state index contributed by atoms with van der Waals surface area (Å²) in [6.45, 7) is 2.61. The molecule has 3 aromatic rings. The average Bonchev–Trinajstić information content (AvgIpc) is 3.12. The number of hydrogen-bond acceptors (Lipinski definition) is 5. The van der Waals surface area contributed by atoms with Gasteiger partial charge in [0, 0.05) is 12.6 Å². The summed E-state index contributed by atoms with van der Waals surface area (Å²) in [4.78, 5) is 17.3. The molecule has 25 heavy (non-hydrogen) atoms. The van der Waals surface area contributed by atoms with E-state index in [4.69, 9.17) is 32.7 Å². The number of carbonyl (C=O) groups excluding carboxylic acids is 1. The van der Waals surface area contributed by atoms with E-state index in [1.807, 2.05) is 23.6 Å². The lowest BCUT2D eigenvalue weighted by molar-refractivity contribution is 0.0998. The van der Waals surface area contributed by atoms with Crippen LogP contribution < -0.4 is 14.3 Å². The number of rotatable bonds is 4. The average molecular weight is 417 g/mol. The van der Waals surface area contributed by atoms with Crippen molar-refractivity contribution < 1.29 is 14.3 Å². The van der Waals surface area contributed by atoms with E-state index in [0.29, 0.717) is 37.1 Å². The van der Waals surface area contributed by atoms with E-state index in [9.17, 15) is 4.79 Å². The Hall–Kier alpha value is -1.54. The Morgan fingerprint density at radius 1 is 1.20 bits per heavy atom. The van der Waals surface area contributed by atoms with Crippen molar-refractivity contribution in [3.8, 4) is 11.5 Å². The van der Waals surface area contributed by atoms with Gasteiger partial charge in [-0.25, -0.2) is 0 Å². The molecule has 0 N–H and O–H groups in total. The predicted molar refractivity (Wildman–Crippen MR) is 103 cm³/mol. The SMILES string of the molecule is CCn1c(=NC(=O)c2cc(Cl)sc2Cl)sc2cc(OC)cc(OC)c21. The smallest absolute Gasteiger partial charge is 0.282 e. The van der Waals surface area contributed by atoms with Crippen LogP contribution in [0.5, 0.6) is 11.5 Å². The van der Waals surface area contributed by atoms with Crippen LogP contribution in [0, 0.1) is 0 Å². The third-order valence-electron chi connectivity index (χ3n) is 3.57. The van der Waals surface area contributed by atoms with E-state index in [2.05, 4.69) is 4.99 Å². The third kappa shape index (κ3) is 3.42. The molecular formula is C16H14Cl2N2O3S2. The van der Waals surface area contributed by atoms with Gasteiger partial charge in [-0.1, -0.05) is 34.5 Å². The Balaban J connectivity index is 2.22. The number of hydrogen-bond donors (Lipinski definition) is 0. The molecule has 0 atom stereocenters. The lowest BCUT2D eigenvalue weighted by Crippen LogP contribution is -2.16. The van der Waals surface area contributed by atoms with E-state index in [1.165, 1.54) is 17.4 Å². The molecule has 0 spiro atoms. The number of thiazole rings is 1. The van der Waals surface area contributed by atoms with Crippen LogP contribution in [0.4, 0.5) is 0 Å². The fraction of sp³-hybridized carbons (Fsp3) is 0.250. The van der Waals surface area contributed by atoms with Crippen molar-refractivity contribution >= 4 is 62.0 Å². The molecule has 1 amide bonds. The van der Waals surface area contributed by atoms with Crippen molar-refractivity contribution in [2.45, 2.75) is 13.5 Å². The third-order valence-corrected chi connectivity index (χ3v) is 6.08. The van der Waals surface area contributed by atoms with Crippen LogP contribution in [0.3, 0.4) is 0 Å². The highest BCUT2D eigenvalue weighted by molar-refractivity contribution is 7.20. The summed E-state index contributed by atoms with van der Waals surface area (Å²) in [6.07, 6.45) is 0. The highest BCUT2D eigenvalue weighted by Crippen LogP contribution is 2.33. The normalized spacial score (nSPS) is 12.0. The number of thiophene rings is 1. The van der Waals surface area contributed by atoms with Crippen molar-refractivity contribution in [1.82, 2.24) is 4.57 Å². The summed E-state index contributed by atoms with van der Waals surface area (Å²) < 4.78 is 14.4. The van der Waals surface area contributed by atoms with Crippen LogP contribution in [0.25, 0.3) is 10.2 Å². The number of benzene rings is 1. The van der Waals surface area contributed by atoms with Gasteiger partial charge in [0.2, 0.25) is 0 Å². The first-order chi connectivity index (χ1) is 12.0. The molecule has 0 aliphatic rings. The maximum Gasteiger partial charge on any atom is 0.282 e. The number of aryl methyl sites for hydroxylation is 1. The summed E-state index contributed by atoms with van der Waals surface area (Å²) in [5.74, 6) is 0.921. The number of methoxy groups -OCH3 is 2. The Labute approximate surface area is 162 Å². The zero-order valence-electron chi connectivity index (χ0n) is 13.6. The molecule has 0 fully saturated rings. The van der Waals surface area contributed by atoms with Gasteiger partial charge in [-0.3, -0.25) is 4.79 Å². The number of nitrogens with zero attached hydrogens (tertiary/aromatic N) is 2. The monoisotopic (exact) mass is 416 g/mol. The van der Waals surface area contributed by atoms with E-state index < -0.39 is 5.91 Å². The van der Waals surface area contributed by atoms with Gasteiger partial charge in [0.15, 0.2) is 4.80 Å². The molecule has 0 aliphatic heterocycles. The van der Waals surface area contributed by atoms with Gasteiger partial charge in [-0.15, -0.1) is 11.3 Å². The Morgan fingerprint density at radius 2 is 1.96 bits per heavy atom. The number of ether oxygens (including phenoxy) is 2. The van der Waals surface area contributed by atoms with Crippen LogP contribution in [0.15, 0.2) is 23.2 Å². The van der Waals surface area contributed by atoms with Gasteiger partial charge in [0.1, 0.15) is 21.4 Å². The van der Waals surface area contributed by atoms with Crippen LogP contribution >= 0.6 is 45.9 Å². The number of amides is 1. The second-order valence-electron chi connectivity index (χ2n) is 4.96. The summed E-state index contributed by atoms with van der Waals surface area (Å²) in [5, 5.41) is 0. The lowest BCUT2D eigenvalue weighted by Gasteiger charge is -2.08. The highest BCUT2D eigenvalue weighted by atomic mass is 35.5. The topological polar surface area (TPSA) is 52.8 Å². The largest absolute Gasteiger partial charge is 0.497 e. The second-order valence-corrected chi connectivity index (χ2v) is 8.25. The van der Waals surface area contributed by atoms with Crippen LogP contribution in [-0.2, 0) is 6.54 Å². The quantitative estimate of drug-likeness (QED) is 0.610. The Morgan fingerprint density at radius 3 is 2.52 bits per heavy atom. The molecule has 0 bridgehead atoms. The van der Waals surface area contributed by atoms with Gasteiger partial charge < -0.3 is 14.0 Å². The maximum absolute atomic E-state index is 12.5. The van der Waals surface area contributed by atoms with Gasteiger partial charge in [-0.05, 0) is 19.1 Å². The molecule has 3 rings (SSSR count). The first kappa shape index (κ1) is 18.3. The molecule has 0 radical (unpaired) electrons. The molecule has 0 saturated heterocycles. The molecule has 2 heterocycles. The lowest BCUT2D eigenvalue weighted by atomic mass is 10.3. The van der Waals surface area contributed by atoms with Crippen LogP contribution in [0.2, 0.25) is 8.67 Å². The molecule has 0 aliphatic carbocycles. The number of halogens is 2. The minimum Gasteiger partial charge on any atom is -0.497 e. The molecule has 0 saturated carbocycles. The molecule has 0 unspecified atom stereocenters. The Kier molecular flexibility index (Phi) is 5.38. The zero-order valence-corrected chi connectivity index (χ0v) is 16.8. The van der Waals surface area contributed by atoms with Gasteiger partial charge >= 0.3 is 0 Å². The highest BCUT2D eigenvalue weighted by Gasteiger charge is 2.16. The fourth-order valence-electron chi connectivity index (χ4n) is 2.43. The number of carbonyl (C=O) groups is 1. The maximum atomic E-state index is 12.5. The Bertz CT molecular complexity index is 1020. The molecule has 9 heteroatoms. The standard InChI is InChI=1S/C16H14Cl2N2O3S2/c1-4-20-13-10(23-3)5-8(22-2)6-11(13)24-16(20)19-15(21)9-7-12(17)25-14(9)18/h5-7H,4H2,1-3H3. The van der Waals surface area contributed by atoms with Gasteiger partial charge in [0.05, 0.1) is 28.8 Å². The predicted octanol–water partition coefficient (Wildman–Crippen LogP) is 4.85. The second kappa shape index (κ2) is 7.37. The number of fused-ring (bicyclic) bond motifs is 1. The molecular weight excluding hydrogens is 403 g/mol. The molecule has 2 aromatic heterocycles. The van der Waals surface area contributed by atoms with Crippen molar-refractivity contribution in [3.05, 3.63) is 37.2 Å². The van der Waals surface area contributed by atoms with E-state index in [1.54, 1.807) is 14.2 Å². The fourth-order valence-corrected chi connectivity index (χ4v) is 5.02. The van der Waals surface area contributed by atoms with E-state index in [0.717, 1.165) is 21.6 Å². The van der Waals surface area contributed by atoms with Crippen LogP contribution in [-0.4, -0.2) is 24.7 Å². The summed E-state index contributed by atoms with van der Waals surface area (Å²) in [5.41, 5.74) is 1.18. The summed E-state index contributed by atoms with van der Waals surface area (Å²) in [6, 6.07) is 5.24. The summed E-state index contributed by atoms with van der Waals surface area (Å²) >= 11 is 14.5. The van der Waals surface area contributed by atoms with Crippen molar-refractivity contribution in [2.24, 2.45) is 4.99 Å². The first-order valence-corrected chi connectivity index (χ1v) is 9.66. The van der Waals surface area contributed by atoms with Crippen molar-refractivity contribution in [3.63, 3.8) is 0 Å². The number of aromatic nitrogens is 1. The minimum absolute atomic E-state index is 0.307. The molecule has 1 aromatic carbocycles. The van der Waals surface area contributed by atoms with Crippen LogP contribution in [0.1, 0.15) is 17.3 Å². The van der Waals surface area contributed by atoms with Gasteiger partial charge in [-0.2, -0.15) is 4.99 Å².